The second-order valence-electron chi connectivity index (χ2n) is 4.44. The molecule has 0 fully saturated rings. The normalized spacial score (nSPS) is 14.4. The molecule has 0 radical (unpaired) electrons. The summed E-state index contributed by atoms with van der Waals surface area (Å²) in [4.78, 5) is 4.38. The Bertz CT molecular complexity index is 546. The van der Waals surface area contributed by atoms with Crippen molar-refractivity contribution in [2.24, 2.45) is 4.99 Å². The van der Waals surface area contributed by atoms with Crippen LogP contribution in [0.5, 0.6) is 0 Å². The molecule has 1 aliphatic rings. The Kier molecular flexibility index (Phi) is 3.89. The number of anilines is 1. The van der Waals surface area contributed by atoms with Crippen molar-refractivity contribution in [3.05, 3.63) is 54.0 Å². The van der Waals surface area contributed by atoms with Gasteiger partial charge in [0.15, 0.2) is 5.17 Å². The number of thioether (sulfide) groups is 1. The van der Waals surface area contributed by atoms with Gasteiger partial charge in [-0.15, -0.1) is 0 Å². The molecule has 1 N–H and O–H groups in total. The van der Waals surface area contributed by atoms with E-state index in [4.69, 9.17) is 4.42 Å². The van der Waals surface area contributed by atoms with Gasteiger partial charge in [0.25, 0.3) is 0 Å². The maximum atomic E-state index is 5.34. The van der Waals surface area contributed by atoms with Crippen molar-refractivity contribution in [1.29, 1.82) is 0 Å². The molecule has 2 aromatic rings. The van der Waals surface area contributed by atoms with Gasteiger partial charge in [-0.1, -0.05) is 23.9 Å². The van der Waals surface area contributed by atoms with Crippen molar-refractivity contribution in [2.75, 3.05) is 17.6 Å². The molecule has 3 rings (SSSR count). The van der Waals surface area contributed by atoms with Crippen molar-refractivity contribution in [2.45, 2.75) is 12.8 Å². The Hall–Kier alpha value is -1.68. The van der Waals surface area contributed by atoms with E-state index in [9.17, 15) is 0 Å². The smallest absolute Gasteiger partial charge is 0.161 e. The predicted molar refractivity (Wildman–Crippen MR) is 80.9 cm³/mol. The maximum Gasteiger partial charge on any atom is 0.161 e. The van der Waals surface area contributed by atoms with Gasteiger partial charge in [0.05, 0.1) is 12.8 Å². The molecule has 19 heavy (non-hydrogen) atoms. The molecule has 4 heteroatoms. The zero-order valence-corrected chi connectivity index (χ0v) is 11.5. The molecule has 3 nitrogen and oxygen atoms in total. The van der Waals surface area contributed by atoms with E-state index >= 15 is 0 Å². The number of furan rings is 1. The quantitative estimate of drug-likeness (QED) is 0.924. The van der Waals surface area contributed by atoms with Crippen LogP contribution in [0.3, 0.4) is 0 Å². The van der Waals surface area contributed by atoms with Gasteiger partial charge in [0.2, 0.25) is 0 Å². The maximum absolute atomic E-state index is 5.34. The zero-order chi connectivity index (χ0) is 12.9. The Morgan fingerprint density at radius 3 is 2.74 bits per heavy atom. The van der Waals surface area contributed by atoms with Gasteiger partial charge >= 0.3 is 0 Å². The first-order valence-corrected chi connectivity index (χ1v) is 7.44. The van der Waals surface area contributed by atoms with Gasteiger partial charge in [-0.25, -0.2) is 0 Å². The molecule has 0 amide bonds. The summed E-state index contributed by atoms with van der Waals surface area (Å²) >= 11 is 1.78. The van der Waals surface area contributed by atoms with E-state index < -0.39 is 0 Å². The summed E-state index contributed by atoms with van der Waals surface area (Å²) in [6, 6.07) is 12.5. The first-order chi connectivity index (χ1) is 9.40. The molecule has 0 saturated heterocycles. The Balaban J connectivity index is 1.56. The number of aliphatic imine (C=N–C) groups is 1. The fraction of sp³-hybridized carbons (Fsp3) is 0.267. The van der Waals surface area contributed by atoms with E-state index in [0.717, 1.165) is 41.8 Å². The first-order valence-electron chi connectivity index (χ1n) is 6.46. The van der Waals surface area contributed by atoms with E-state index in [0.29, 0.717) is 0 Å². The summed E-state index contributed by atoms with van der Waals surface area (Å²) in [5.74, 6) is 2.13. The fourth-order valence-corrected chi connectivity index (χ4v) is 2.76. The van der Waals surface area contributed by atoms with Gasteiger partial charge in [-0.2, -0.15) is 0 Å². The number of amidine groups is 1. The molecular weight excluding hydrogens is 256 g/mol. The largest absolute Gasteiger partial charge is 0.469 e. The van der Waals surface area contributed by atoms with Crippen LogP contribution >= 0.6 is 11.8 Å². The average Bonchev–Trinajstić information content (AvgIpc) is 3.11. The number of nitrogens with zero attached hydrogens (tertiary/aromatic N) is 1. The highest BCUT2D eigenvalue weighted by molar-refractivity contribution is 8.14. The second kappa shape index (κ2) is 5.97. The third-order valence-corrected chi connectivity index (χ3v) is 3.92. The summed E-state index contributed by atoms with van der Waals surface area (Å²) in [6.45, 7) is 0.925. The van der Waals surface area contributed by atoms with Crippen molar-refractivity contribution >= 4 is 22.6 Å². The van der Waals surface area contributed by atoms with Gasteiger partial charge in [-0.3, -0.25) is 4.99 Å². The summed E-state index contributed by atoms with van der Waals surface area (Å²) in [5, 5.41) is 4.36. The van der Waals surface area contributed by atoms with Crippen molar-refractivity contribution in [3.8, 4) is 0 Å². The molecule has 1 aliphatic heterocycles. The van der Waals surface area contributed by atoms with Crippen LogP contribution in [-0.4, -0.2) is 17.5 Å². The summed E-state index contributed by atoms with van der Waals surface area (Å²) in [7, 11) is 0. The average molecular weight is 272 g/mol. The number of rotatable bonds is 4. The van der Waals surface area contributed by atoms with Crippen LogP contribution in [0.4, 0.5) is 5.69 Å². The van der Waals surface area contributed by atoms with Gasteiger partial charge in [0, 0.05) is 17.9 Å². The third kappa shape index (κ3) is 3.41. The minimum atomic E-state index is 0.925. The molecule has 0 unspecified atom stereocenters. The highest BCUT2D eigenvalue weighted by Crippen LogP contribution is 2.17. The molecule has 98 valence electrons. The molecule has 2 heterocycles. The first kappa shape index (κ1) is 12.4. The van der Waals surface area contributed by atoms with E-state index in [2.05, 4.69) is 34.6 Å². The predicted octanol–water partition coefficient (Wildman–Crippen LogP) is 3.58. The summed E-state index contributed by atoms with van der Waals surface area (Å²) in [5.41, 5.74) is 2.43. The van der Waals surface area contributed by atoms with E-state index in [-0.39, 0.29) is 0 Å². The van der Waals surface area contributed by atoms with Crippen LogP contribution in [0.25, 0.3) is 0 Å². The Morgan fingerprint density at radius 1 is 1.16 bits per heavy atom. The topological polar surface area (TPSA) is 37.5 Å². The van der Waals surface area contributed by atoms with Crippen LogP contribution in [-0.2, 0) is 12.8 Å². The minimum absolute atomic E-state index is 0.925. The van der Waals surface area contributed by atoms with Crippen molar-refractivity contribution in [1.82, 2.24) is 0 Å². The van der Waals surface area contributed by atoms with Gasteiger partial charge in [0.1, 0.15) is 5.76 Å². The monoisotopic (exact) mass is 272 g/mol. The molecule has 0 spiro atoms. The number of nitrogens with one attached hydrogen (secondary N) is 1. The lowest BCUT2D eigenvalue weighted by Crippen LogP contribution is -2.04. The third-order valence-electron chi connectivity index (χ3n) is 3.03. The zero-order valence-electron chi connectivity index (χ0n) is 10.6. The van der Waals surface area contributed by atoms with Gasteiger partial charge in [-0.05, 0) is 36.2 Å². The van der Waals surface area contributed by atoms with Crippen LogP contribution < -0.4 is 5.32 Å². The molecule has 1 aromatic carbocycles. The van der Waals surface area contributed by atoms with Crippen LogP contribution in [0.1, 0.15) is 11.3 Å². The highest BCUT2D eigenvalue weighted by Gasteiger charge is 2.06. The molecule has 0 saturated carbocycles. The van der Waals surface area contributed by atoms with Gasteiger partial charge < -0.3 is 9.73 Å². The summed E-state index contributed by atoms with van der Waals surface area (Å²) in [6.07, 6.45) is 3.67. The van der Waals surface area contributed by atoms with E-state index in [1.807, 2.05) is 12.1 Å². The standard InChI is InChI=1S/C15H16N2OS/c1-2-14(18-10-1)8-5-12-3-6-13(7-4-12)17-15-16-9-11-19-15/h1-4,6-7,10H,5,8-9,11H2,(H,16,17). The lowest BCUT2D eigenvalue weighted by Gasteiger charge is -2.06. The van der Waals surface area contributed by atoms with Crippen LogP contribution in [0.2, 0.25) is 0 Å². The second-order valence-corrected chi connectivity index (χ2v) is 5.52. The van der Waals surface area contributed by atoms with Crippen molar-refractivity contribution in [3.63, 3.8) is 0 Å². The number of benzene rings is 1. The fourth-order valence-electron chi connectivity index (χ4n) is 2.01. The summed E-state index contributed by atoms with van der Waals surface area (Å²) < 4.78 is 5.34. The molecular formula is C15H16N2OS. The molecule has 0 bridgehead atoms. The lowest BCUT2D eigenvalue weighted by molar-refractivity contribution is 0.508. The molecule has 0 atom stereocenters. The SMILES string of the molecule is c1coc(CCc2ccc(NC3=NCCS3)cc2)c1. The lowest BCUT2D eigenvalue weighted by atomic mass is 10.1. The van der Waals surface area contributed by atoms with E-state index in [1.165, 1.54) is 5.56 Å². The van der Waals surface area contributed by atoms with E-state index in [1.54, 1.807) is 18.0 Å². The highest BCUT2D eigenvalue weighted by atomic mass is 32.2. The number of hydrogen-bond donors (Lipinski definition) is 1. The van der Waals surface area contributed by atoms with Crippen LogP contribution in [0, 0.1) is 0 Å². The molecule has 0 aliphatic carbocycles. The minimum Gasteiger partial charge on any atom is -0.469 e. The Labute approximate surface area is 117 Å². The number of hydrogen-bond acceptors (Lipinski definition) is 4. The molecule has 1 aromatic heterocycles. The van der Waals surface area contributed by atoms with Crippen molar-refractivity contribution < 1.29 is 4.42 Å². The number of aryl methyl sites for hydroxylation is 2. The van der Waals surface area contributed by atoms with Crippen LogP contribution in [0.15, 0.2) is 52.1 Å². The Morgan fingerprint density at radius 2 is 2.05 bits per heavy atom.